The monoisotopic (exact) mass is 579 g/mol. The Morgan fingerprint density at radius 3 is 2.29 bits per heavy atom. The molecule has 3 aliphatic rings. The number of carbonyl (C=O) groups is 3. The summed E-state index contributed by atoms with van der Waals surface area (Å²) in [5.41, 5.74) is 7.73. The molecule has 1 atom stereocenters. The normalized spacial score (nSPS) is 19.5. The zero-order chi connectivity index (χ0) is 29.6. The number of amides is 3. The van der Waals surface area contributed by atoms with E-state index in [1.807, 2.05) is 18.2 Å². The van der Waals surface area contributed by atoms with Crippen LogP contribution < -0.4 is 20.7 Å². The predicted octanol–water partition coefficient (Wildman–Crippen LogP) is 3.52. The van der Waals surface area contributed by atoms with Crippen molar-refractivity contribution in [3.8, 4) is 5.75 Å². The molecule has 2 aliphatic heterocycles. The summed E-state index contributed by atoms with van der Waals surface area (Å²) in [5.74, 6) is 0.0581. The third-order valence-corrected chi connectivity index (χ3v) is 8.71. The van der Waals surface area contributed by atoms with E-state index in [9.17, 15) is 18.8 Å². The van der Waals surface area contributed by atoms with Gasteiger partial charge in [-0.25, -0.2) is 4.39 Å². The van der Waals surface area contributed by atoms with E-state index in [2.05, 4.69) is 5.32 Å². The van der Waals surface area contributed by atoms with Crippen LogP contribution in [-0.2, 0) is 4.79 Å². The van der Waals surface area contributed by atoms with Crippen molar-refractivity contribution in [3.63, 3.8) is 0 Å². The summed E-state index contributed by atoms with van der Waals surface area (Å²) in [4.78, 5) is 43.8. The first-order valence-corrected chi connectivity index (χ1v) is 15.2. The smallest absolute Gasteiger partial charge is 0.254 e. The predicted molar refractivity (Wildman–Crippen MR) is 159 cm³/mol. The lowest BCUT2D eigenvalue weighted by atomic mass is 9.83. The molecule has 1 saturated carbocycles. The van der Waals surface area contributed by atoms with E-state index in [0.29, 0.717) is 43.3 Å². The number of anilines is 1. The van der Waals surface area contributed by atoms with Gasteiger partial charge in [0.25, 0.3) is 11.8 Å². The van der Waals surface area contributed by atoms with Gasteiger partial charge in [0, 0.05) is 69.6 Å². The Hall–Kier alpha value is -3.50. The molecule has 9 nitrogen and oxygen atoms in total. The summed E-state index contributed by atoms with van der Waals surface area (Å²) in [7, 11) is 1.54. The first-order chi connectivity index (χ1) is 20.3. The molecular weight excluding hydrogens is 537 g/mol. The highest BCUT2D eigenvalue weighted by Crippen LogP contribution is 2.39. The van der Waals surface area contributed by atoms with Crippen molar-refractivity contribution >= 4 is 23.4 Å². The number of hydrogen-bond donors (Lipinski definition) is 2. The SMILES string of the molecule is CN(C(=O)CCN)c1cc(F)cc(C(=O)N2CCN(C(=O)c3ccc(O[C@H]4CCNC4)c(C4CCCCC4)c3)CC2)c1. The van der Waals surface area contributed by atoms with Crippen LogP contribution in [0.1, 0.15) is 77.1 Å². The highest BCUT2D eigenvalue weighted by molar-refractivity contribution is 5.98. The molecule has 1 aliphatic carbocycles. The maximum atomic E-state index is 14.4. The largest absolute Gasteiger partial charge is 0.489 e. The van der Waals surface area contributed by atoms with Crippen LogP contribution in [0.2, 0.25) is 0 Å². The van der Waals surface area contributed by atoms with E-state index >= 15 is 0 Å². The van der Waals surface area contributed by atoms with Crippen LogP contribution in [0.25, 0.3) is 0 Å². The van der Waals surface area contributed by atoms with Gasteiger partial charge in [-0.3, -0.25) is 14.4 Å². The topological polar surface area (TPSA) is 108 Å². The fraction of sp³-hybridized carbons (Fsp3) is 0.531. The Morgan fingerprint density at radius 2 is 1.64 bits per heavy atom. The number of nitrogens with two attached hydrogens (primary N) is 1. The second kappa shape index (κ2) is 13.6. The molecule has 0 aromatic heterocycles. The summed E-state index contributed by atoms with van der Waals surface area (Å²) < 4.78 is 20.8. The molecule has 3 fully saturated rings. The van der Waals surface area contributed by atoms with E-state index in [1.54, 1.807) is 9.80 Å². The molecule has 3 N–H and O–H groups in total. The molecule has 226 valence electrons. The third kappa shape index (κ3) is 6.93. The van der Waals surface area contributed by atoms with Crippen molar-refractivity contribution in [2.24, 2.45) is 5.73 Å². The molecular formula is C32H42FN5O4. The minimum absolute atomic E-state index is 0.0543. The van der Waals surface area contributed by atoms with E-state index < -0.39 is 5.82 Å². The third-order valence-electron chi connectivity index (χ3n) is 8.71. The lowest BCUT2D eigenvalue weighted by molar-refractivity contribution is -0.118. The molecule has 2 heterocycles. The second-order valence-corrected chi connectivity index (χ2v) is 11.6. The molecule has 3 amide bonds. The fourth-order valence-electron chi connectivity index (χ4n) is 6.23. The lowest BCUT2D eigenvalue weighted by Crippen LogP contribution is -2.50. The highest BCUT2D eigenvalue weighted by Gasteiger charge is 2.29. The number of piperazine rings is 1. The molecule has 2 aromatic carbocycles. The number of benzene rings is 2. The molecule has 2 saturated heterocycles. The maximum Gasteiger partial charge on any atom is 0.254 e. The van der Waals surface area contributed by atoms with Gasteiger partial charge in [-0.1, -0.05) is 19.3 Å². The molecule has 0 spiro atoms. The van der Waals surface area contributed by atoms with E-state index in [-0.39, 0.29) is 42.4 Å². The number of hydrogen-bond acceptors (Lipinski definition) is 6. The summed E-state index contributed by atoms with van der Waals surface area (Å²) >= 11 is 0. The van der Waals surface area contributed by atoms with E-state index in [1.165, 1.54) is 49.4 Å². The average Bonchev–Trinajstić information content (AvgIpc) is 3.53. The van der Waals surface area contributed by atoms with Crippen molar-refractivity contribution in [2.45, 2.75) is 57.0 Å². The van der Waals surface area contributed by atoms with Crippen LogP contribution >= 0.6 is 0 Å². The van der Waals surface area contributed by atoms with Crippen molar-refractivity contribution in [1.82, 2.24) is 15.1 Å². The van der Waals surface area contributed by atoms with Gasteiger partial charge in [0.2, 0.25) is 5.91 Å². The first kappa shape index (κ1) is 30.0. The van der Waals surface area contributed by atoms with E-state index in [0.717, 1.165) is 43.7 Å². The van der Waals surface area contributed by atoms with Gasteiger partial charge in [-0.05, 0) is 73.7 Å². The molecule has 2 aromatic rings. The van der Waals surface area contributed by atoms with Crippen molar-refractivity contribution < 1.29 is 23.5 Å². The number of carbonyl (C=O) groups excluding carboxylic acids is 3. The summed E-state index contributed by atoms with van der Waals surface area (Å²) in [5, 5.41) is 3.35. The Morgan fingerprint density at radius 1 is 0.952 bits per heavy atom. The molecule has 5 rings (SSSR count). The quantitative estimate of drug-likeness (QED) is 0.496. The lowest BCUT2D eigenvalue weighted by Gasteiger charge is -2.35. The first-order valence-electron chi connectivity index (χ1n) is 15.2. The Kier molecular flexibility index (Phi) is 9.74. The van der Waals surface area contributed by atoms with Gasteiger partial charge in [-0.2, -0.15) is 0 Å². The Balaban J connectivity index is 1.25. The molecule has 0 radical (unpaired) electrons. The summed E-state index contributed by atoms with van der Waals surface area (Å²) in [6, 6.07) is 9.79. The van der Waals surface area contributed by atoms with E-state index in [4.69, 9.17) is 10.5 Å². The second-order valence-electron chi connectivity index (χ2n) is 11.6. The molecule has 0 unspecified atom stereocenters. The van der Waals surface area contributed by atoms with Crippen LogP contribution in [0.5, 0.6) is 5.75 Å². The number of rotatable bonds is 8. The molecule has 10 heteroatoms. The van der Waals surface area contributed by atoms with Crippen LogP contribution in [0, 0.1) is 5.82 Å². The Bertz CT molecular complexity index is 1280. The number of nitrogens with zero attached hydrogens (tertiary/aromatic N) is 3. The van der Waals surface area contributed by atoms with Gasteiger partial charge in [0.1, 0.15) is 17.7 Å². The van der Waals surface area contributed by atoms with Crippen LogP contribution in [-0.4, -0.2) is 86.5 Å². The standard InChI is InChI=1S/C32H42FN5O4/c1-36(30(39)9-11-34)26-18-24(17-25(33)20-26)32(41)38-15-13-37(14-16-38)31(40)23-7-8-29(42-27-10-12-35-21-27)28(19-23)22-5-3-2-4-6-22/h7-8,17-20,22,27,35H,2-6,9-16,21,34H2,1H3/t27-/m0/s1. The number of nitrogens with one attached hydrogen (secondary N) is 1. The molecule has 42 heavy (non-hydrogen) atoms. The van der Waals surface area contributed by atoms with Gasteiger partial charge >= 0.3 is 0 Å². The van der Waals surface area contributed by atoms with Crippen LogP contribution in [0.4, 0.5) is 10.1 Å². The van der Waals surface area contributed by atoms with Gasteiger partial charge in [-0.15, -0.1) is 0 Å². The minimum atomic E-state index is -0.595. The minimum Gasteiger partial charge on any atom is -0.489 e. The fourth-order valence-corrected chi connectivity index (χ4v) is 6.23. The van der Waals surface area contributed by atoms with Crippen molar-refractivity contribution in [2.75, 3.05) is 57.8 Å². The number of halogens is 1. The molecule has 0 bridgehead atoms. The highest BCUT2D eigenvalue weighted by atomic mass is 19.1. The Labute approximate surface area is 247 Å². The van der Waals surface area contributed by atoms with Crippen LogP contribution in [0.15, 0.2) is 36.4 Å². The maximum absolute atomic E-state index is 14.4. The number of ether oxygens (including phenoxy) is 1. The summed E-state index contributed by atoms with van der Waals surface area (Å²) in [6.07, 6.45) is 7.11. The summed E-state index contributed by atoms with van der Waals surface area (Å²) in [6.45, 7) is 3.42. The van der Waals surface area contributed by atoms with Crippen molar-refractivity contribution in [1.29, 1.82) is 0 Å². The van der Waals surface area contributed by atoms with Gasteiger partial charge in [0.05, 0.1) is 0 Å². The zero-order valence-electron chi connectivity index (χ0n) is 24.4. The average molecular weight is 580 g/mol. The van der Waals surface area contributed by atoms with Gasteiger partial charge < -0.3 is 30.5 Å². The van der Waals surface area contributed by atoms with Crippen molar-refractivity contribution in [3.05, 3.63) is 58.9 Å². The zero-order valence-corrected chi connectivity index (χ0v) is 24.4. The van der Waals surface area contributed by atoms with Crippen LogP contribution in [0.3, 0.4) is 0 Å². The van der Waals surface area contributed by atoms with Gasteiger partial charge in [0.15, 0.2) is 0 Å².